The summed E-state index contributed by atoms with van der Waals surface area (Å²) >= 11 is 0. The Kier molecular flexibility index (Phi) is 6.51. The van der Waals surface area contributed by atoms with Gasteiger partial charge in [-0.1, -0.05) is 0 Å². The van der Waals surface area contributed by atoms with Gasteiger partial charge >= 0.3 is 7.12 Å². The van der Waals surface area contributed by atoms with E-state index in [0.717, 1.165) is 43.6 Å². The molecule has 3 aliphatic rings. The molecule has 2 saturated heterocycles. The predicted octanol–water partition coefficient (Wildman–Crippen LogP) is 0.336. The van der Waals surface area contributed by atoms with Gasteiger partial charge in [-0.15, -0.1) is 0 Å². The van der Waals surface area contributed by atoms with Gasteiger partial charge in [0.1, 0.15) is 0 Å². The fourth-order valence-electron chi connectivity index (χ4n) is 4.26. The minimum absolute atomic E-state index is 0.383. The lowest BCUT2D eigenvalue weighted by molar-refractivity contribution is -0.143. The van der Waals surface area contributed by atoms with Crippen molar-refractivity contribution in [3.8, 4) is 0 Å². The first-order chi connectivity index (χ1) is 15.1. The second-order valence-corrected chi connectivity index (χ2v) is 10.3. The molecule has 2 aliphatic heterocycles. The van der Waals surface area contributed by atoms with Gasteiger partial charge in [0.2, 0.25) is 5.95 Å². The van der Waals surface area contributed by atoms with Crippen LogP contribution >= 0.6 is 0 Å². The van der Waals surface area contributed by atoms with Crippen LogP contribution < -0.4 is 10.4 Å². The normalized spacial score (nSPS) is 23.9. The smallest absolute Gasteiger partial charge is 0.399 e. The first kappa shape index (κ1) is 23.4. The minimum atomic E-state index is -1.31. The van der Waals surface area contributed by atoms with Crippen molar-refractivity contribution in [2.75, 3.05) is 31.1 Å². The zero-order valence-corrected chi connectivity index (χ0v) is 19.5. The Labute approximate surface area is 190 Å². The van der Waals surface area contributed by atoms with Crippen LogP contribution in [-0.4, -0.2) is 87.7 Å². The summed E-state index contributed by atoms with van der Waals surface area (Å²) < 4.78 is 12.2. The van der Waals surface area contributed by atoms with E-state index in [2.05, 4.69) is 14.9 Å². The molecule has 4 rings (SSSR count). The van der Waals surface area contributed by atoms with Crippen molar-refractivity contribution in [2.45, 2.75) is 76.7 Å². The highest BCUT2D eigenvalue weighted by molar-refractivity contribution is 6.61. The third-order valence-electron chi connectivity index (χ3n) is 7.27. The van der Waals surface area contributed by atoms with Crippen LogP contribution in [0.5, 0.6) is 0 Å². The first-order valence-electron chi connectivity index (χ1n) is 11.6. The van der Waals surface area contributed by atoms with Gasteiger partial charge in [0.25, 0.3) is 5.91 Å². The molecule has 1 aromatic heterocycles. The van der Waals surface area contributed by atoms with E-state index < -0.39 is 31.0 Å². The maximum atomic E-state index is 12.1. The van der Waals surface area contributed by atoms with Gasteiger partial charge in [0.05, 0.1) is 17.8 Å². The molecule has 1 saturated carbocycles. The standard InChI is InChI=1S/C22H35BN4O5/c1-21(2)22(3,4)32-23(31-21)16-11-24-20(25-12-16)27(17-5-6-17)13-15-7-9-26(10-8-15)19(30)18(29)14-28/h11-12,15,17-18,28-29H,5-10,13-14H2,1-4H3/t18-/m0/s1. The number of anilines is 1. The summed E-state index contributed by atoms with van der Waals surface area (Å²) in [7, 11) is -0.473. The van der Waals surface area contributed by atoms with Crippen LogP contribution in [0.15, 0.2) is 12.4 Å². The molecule has 3 fully saturated rings. The molecule has 0 bridgehead atoms. The Morgan fingerprint density at radius 2 is 1.72 bits per heavy atom. The van der Waals surface area contributed by atoms with Crippen molar-refractivity contribution >= 4 is 24.4 Å². The van der Waals surface area contributed by atoms with Crippen molar-refractivity contribution in [3.05, 3.63) is 12.4 Å². The molecule has 0 spiro atoms. The number of carbonyl (C=O) groups excluding carboxylic acids is 1. The monoisotopic (exact) mass is 446 g/mol. The fraction of sp³-hybridized carbons (Fsp3) is 0.773. The number of carbonyl (C=O) groups is 1. The molecule has 32 heavy (non-hydrogen) atoms. The lowest BCUT2D eigenvalue weighted by Gasteiger charge is -2.35. The summed E-state index contributed by atoms with van der Waals surface area (Å²) in [4.78, 5) is 25.3. The van der Waals surface area contributed by atoms with Gasteiger partial charge in [-0.05, 0) is 59.3 Å². The number of hydrogen-bond acceptors (Lipinski definition) is 8. The average Bonchev–Trinajstić information content (AvgIpc) is 3.58. The van der Waals surface area contributed by atoms with Gasteiger partial charge in [-0.25, -0.2) is 9.97 Å². The Balaban J connectivity index is 1.37. The quantitative estimate of drug-likeness (QED) is 0.578. The Hall–Kier alpha value is -1.75. The van der Waals surface area contributed by atoms with Crippen LogP contribution in [0.4, 0.5) is 5.95 Å². The highest BCUT2D eigenvalue weighted by Crippen LogP contribution is 2.36. The highest BCUT2D eigenvalue weighted by atomic mass is 16.7. The lowest BCUT2D eigenvalue weighted by atomic mass is 9.81. The zero-order chi connectivity index (χ0) is 23.1. The third-order valence-corrected chi connectivity index (χ3v) is 7.27. The van der Waals surface area contributed by atoms with Crippen molar-refractivity contribution in [3.63, 3.8) is 0 Å². The number of aromatic nitrogens is 2. The Bertz CT molecular complexity index is 793. The molecule has 1 amide bonds. The molecule has 176 valence electrons. The van der Waals surface area contributed by atoms with Crippen LogP contribution in [0.2, 0.25) is 0 Å². The summed E-state index contributed by atoms with van der Waals surface area (Å²) in [6.07, 6.45) is 6.29. The van der Waals surface area contributed by atoms with Gasteiger partial charge in [0, 0.05) is 43.5 Å². The maximum absolute atomic E-state index is 12.1. The topological polar surface area (TPSA) is 108 Å². The average molecular weight is 446 g/mol. The third kappa shape index (κ3) is 4.78. The fourth-order valence-corrected chi connectivity index (χ4v) is 4.26. The number of nitrogens with zero attached hydrogens (tertiary/aromatic N) is 4. The van der Waals surface area contributed by atoms with Gasteiger partial charge in [-0.2, -0.15) is 0 Å². The predicted molar refractivity (Wildman–Crippen MR) is 121 cm³/mol. The van der Waals surface area contributed by atoms with Crippen LogP contribution in [0, 0.1) is 5.92 Å². The number of likely N-dealkylation sites (tertiary alicyclic amines) is 1. The zero-order valence-electron chi connectivity index (χ0n) is 19.5. The number of piperidine rings is 1. The molecule has 0 aromatic carbocycles. The summed E-state index contributed by atoms with van der Waals surface area (Å²) in [5.74, 6) is 0.769. The van der Waals surface area contributed by atoms with Crippen LogP contribution in [0.25, 0.3) is 0 Å². The molecular weight excluding hydrogens is 411 g/mol. The number of aliphatic hydroxyl groups excluding tert-OH is 2. The van der Waals surface area contributed by atoms with Gasteiger partial charge in [-0.3, -0.25) is 4.79 Å². The van der Waals surface area contributed by atoms with Crippen molar-refractivity contribution in [2.24, 2.45) is 5.92 Å². The van der Waals surface area contributed by atoms with E-state index in [9.17, 15) is 9.90 Å². The van der Waals surface area contributed by atoms with Crippen molar-refractivity contribution < 1.29 is 24.3 Å². The molecule has 0 unspecified atom stereocenters. The SMILES string of the molecule is CC1(C)OB(c2cnc(N(CC3CCN(C(=O)[C@@H](O)CO)CC3)C3CC3)nc2)OC1(C)C. The molecule has 10 heteroatoms. The number of hydrogen-bond donors (Lipinski definition) is 2. The minimum Gasteiger partial charge on any atom is -0.399 e. The molecule has 9 nitrogen and oxygen atoms in total. The Morgan fingerprint density at radius 1 is 1.16 bits per heavy atom. The van der Waals surface area contributed by atoms with Crippen LogP contribution in [-0.2, 0) is 14.1 Å². The summed E-state index contributed by atoms with van der Waals surface area (Å²) in [5.41, 5.74) is 0.0112. The molecule has 1 aromatic rings. The van der Waals surface area contributed by atoms with Gasteiger partial charge in [0.15, 0.2) is 6.10 Å². The van der Waals surface area contributed by atoms with Crippen LogP contribution in [0.1, 0.15) is 53.4 Å². The van der Waals surface area contributed by atoms with E-state index in [1.807, 2.05) is 27.7 Å². The molecule has 1 aliphatic carbocycles. The molecule has 1 atom stereocenters. The van der Waals surface area contributed by atoms with E-state index >= 15 is 0 Å². The number of amides is 1. The molecular formula is C22H35BN4O5. The summed E-state index contributed by atoms with van der Waals surface area (Å²) in [6.45, 7) is 9.63. The summed E-state index contributed by atoms with van der Waals surface area (Å²) in [5, 5.41) is 18.6. The molecule has 2 N–H and O–H groups in total. The second kappa shape index (κ2) is 8.89. The second-order valence-electron chi connectivity index (χ2n) is 10.3. The van der Waals surface area contributed by atoms with E-state index in [1.165, 1.54) is 0 Å². The van der Waals surface area contributed by atoms with Crippen molar-refractivity contribution in [1.29, 1.82) is 0 Å². The maximum Gasteiger partial charge on any atom is 0.498 e. The molecule has 0 radical (unpaired) electrons. The Morgan fingerprint density at radius 3 is 2.22 bits per heavy atom. The highest BCUT2D eigenvalue weighted by Gasteiger charge is 2.52. The van der Waals surface area contributed by atoms with E-state index in [4.69, 9.17) is 14.4 Å². The van der Waals surface area contributed by atoms with E-state index in [0.29, 0.717) is 25.0 Å². The van der Waals surface area contributed by atoms with E-state index in [-0.39, 0.29) is 5.91 Å². The molecule has 3 heterocycles. The summed E-state index contributed by atoms with van der Waals surface area (Å²) in [6, 6.07) is 0.466. The largest absolute Gasteiger partial charge is 0.498 e. The lowest BCUT2D eigenvalue weighted by Crippen LogP contribution is -2.46. The van der Waals surface area contributed by atoms with Gasteiger partial charge < -0.3 is 29.3 Å². The number of aliphatic hydroxyl groups is 2. The van der Waals surface area contributed by atoms with E-state index in [1.54, 1.807) is 17.3 Å². The first-order valence-corrected chi connectivity index (χ1v) is 11.6. The van der Waals surface area contributed by atoms with Crippen LogP contribution in [0.3, 0.4) is 0 Å². The number of rotatable bonds is 7. The van der Waals surface area contributed by atoms with Crippen molar-refractivity contribution in [1.82, 2.24) is 14.9 Å².